The van der Waals surface area contributed by atoms with Gasteiger partial charge in [0.1, 0.15) is 19.0 Å². The summed E-state index contributed by atoms with van der Waals surface area (Å²) in [4.78, 5) is 0. The maximum absolute atomic E-state index is 6.28. The monoisotopic (exact) mass is 503 g/mol. The lowest BCUT2D eigenvalue weighted by molar-refractivity contribution is 0.118. The highest BCUT2D eigenvalue weighted by atomic mass is 35.5. The van der Waals surface area contributed by atoms with E-state index in [1.165, 1.54) is 0 Å². The van der Waals surface area contributed by atoms with Crippen LogP contribution in [0.1, 0.15) is 36.5 Å². The first-order valence-electron chi connectivity index (χ1n) is 12.6. The molecule has 4 nitrogen and oxygen atoms in total. The molecule has 0 bridgehead atoms. The molecular weight excluding hydrogens is 470 g/mol. The predicted octanol–water partition coefficient (Wildman–Crippen LogP) is 7.87. The number of nitrogens with zero attached hydrogens (tertiary/aromatic N) is 1. The summed E-state index contributed by atoms with van der Waals surface area (Å²) in [6.45, 7) is 5.21. The number of rotatable bonds is 14. The second kappa shape index (κ2) is 13.8. The molecular formula is C31H34ClNO3. The fraction of sp³-hybridized carbons (Fsp3) is 0.290. The molecule has 36 heavy (non-hydrogen) atoms. The van der Waals surface area contributed by atoms with Gasteiger partial charge in [-0.15, -0.1) is 11.6 Å². The summed E-state index contributed by atoms with van der Waals surface area (Å²) in [5.41, 5.74) is 5.63. The van der Waals surface area contributed by atoms with Gasteiger partial charge in [0.2, 0.25) is 0 Å². The molecule has 0 amide bonds. The number of aromatic nitrogens is 1. The Morgan fingerprint density at radius 2 is 1.36 bits per heavy atom. The molecule has 0 aliphatic heterocycles. The molecule has 3 aromatic carbocycles. The van der Waals surface area contributed by atoms with E-state index in [1.807, 2.05) is 48.5 Å². The van der Waals surface area contributed by atoms with Crippen molar-refractivity contribution >= 4 is 11.6 Å². The third kappa shape index (κ3) is 7.16. The van der Waals surface area contributed by atoms with Crippen molar-refractivity contribution in [3.05, 3.63) is 108 Å². The van der Waals surface area contributed by atoms with Crippen molar-refractivity contribution in [2.75, 3.05) is 12.5 Å². The minimum absolute atomic E-state index is 0.520. The second-order valence-corrected chi connectivity index (χ2v) is 9.00. The number of hydrogen-bond donors (Lipinski definition) is 0. The standard InChI is InChI=1S/C31H34ClNO3/c1-2-33-30(36-23-26-13-7-4-8-14-26)21-28(24-34-20-10-9-19-32)31(33)27-15-17-29(18-16-27)35-22-25-11-5-3-6-12-25/h3-8,11-18,21H,2,9-10,19-20,22-24H2,1H3. The van der Waals surface area contributed by atoms with E-state index >= 15 is 0 Å². The lowest BCUT2D eigenvalue weighted by Gasteiger charge is -2.14. The lowest BCUT2D eigenvalue weighted by atomic mass is 10.1. The van der Waals surface area contributed by atoms with E-state index < -0.39 is 0 Å². The minimum atomic E-state index is 0.520. The van der Waals surface area contributed by atoms with Crippen LogP contribution in [0.4, 0.5) is 0 Å². The first kappa shape index (κ1) is 25.9. The number of benzene rings is 3. The van der Waals surface area contributed by atoms with Crippen LogP contribution in [0, 0.1) is 0 Å². The summed E-state index contributed by atoms with van der Waals surface area (Å²) < 4.78 is 20.5. The molecule has 0 radical (unpaired) electrons. The Morgan fingerprint density at radius 3 is 1.97 bits per heavy atom. The van der Waals surface area contributed by atoms with Gasteiger partial charge in [0, 0.05) is 30.7 Å². The Morgan fingerprint density at radius 1 is 0.722 bits per heavy atom. The number of alkyl halides is 1. The number of halogens is 1. The summed E-state index contributed by atoms with van der Waals surface area (Å²) in [7, 11) is 0. The van der Waals surface area contributed by atoms with E-state index in [0.717, 1.165) is 59.0 Å². The van der Waals surface area contributed by atoms with E-state index in [2.05, 4.69) is 54.0 Å². The fourth-order valence-electron chi connectivity index (χ4n) is 4.13. The number of unbranched alkanes of at least 4 members (excludes halogenated alkanes) is 1. The van der Waals surface area contributed by atoms with Crippen molar-refractivity contribution in [1.29, 1.82) is 0 Å². The van der Waals surface area contributed by atoms with Crippen LogP contribution in [0.3, 0.4) is 0 Å². The second-order valence-electron chi connectivity index (χ2n) is 8.62. The maximum Gasteiger partial charge on any atom is 0.194 e. The van der Waals surface area contributed by atoms with Crippen LogP contribution >= 0.6 is 11.6 Å². The smallest absolute Gasteiger partial charge is 0.194 e. The van der Waals surface area contributed by atoms with Crippen LogP contribution in [0.25, 0.3) is 11.3 Å². The molecule has 0 aliphatic carbocycles. The summed E-state index contributed by atoms with van der Waals surface area (Å²) in [6, 6.07) is 30.8. The van der Waals surface area contributed by atoms with Crippen molar-refractivity contribution < 1.29 is 14.2 Å². The van der Waals surface area contributed by atoms with Gasteiger partial charge < -0.3 is 18.8 Å². The van der Waals surface area contributed by atoms with Crippen LogP contribution in [-0.2, 0) is 31.1 Å². The minimum Gasteiger partial charge on any atom is -0.489 e. The average molecular weight is 504 g/mol. The zero-order valence-electron chi connectivity index (χ0n) is 20.9. The molecule has 188 valence electrons. The highest BCUT2D eigenvalue weighted by Crippen LogP contribution is 2.34. The maximum atomic E-state index is 6.28. The Kier molecular flexibility index (Phi) is 9.89. The lowest BCUT2D eigenvalue weighted by Crippen LogP contribution is -2.04. The topological polar surface area (TPSA) is 32.6 Å². The predicted molar refractivity (Wildman–Crippen MR) is 147 cm³/mol. The Labute approximate surface area is 219 Å². The normalized spacial score (nSPS) is 10.9. The van der Waals surface area contributed by atoms with Crippen molar-refractivity contribution in [1.82, 2.24) is 4.57 Å². The molecule has 1 heterocycles. The summed E-state index contributed by atoms with van der Waals surface area (Å²) in [5.74, 6) is 2.36. The molecule has 0 unspecified atom stereocenters. The molecule has 4 aromatic rings. The SMILES string of the molecule is CCn1c(OCc2ccccc2)cc(COCCCCCl)c1-c1ccc(OCc2ccccc2)cc1. The van der Waals surface area contributed by atoms with Crippen LogP contribution in [0.5, 0.6) is 11.6 Å². The van der Waals surface area contributed by atoms with Crippen molar-refractivity contribution in [2.45, 2.75) is 46.1 Å². The van der Waals surface area contributed by atoms with Gasteiger partial charge in [-0.25, -0.2) is 0 Å². The Balaban J connectivity index is 1.53. The molecule has 0 atom stereocenters. The van der Waals surface area contributed by atoms with Crippen LogP contribution in [-0.4, -0.2) is 17.1 Å². The summed E-state index contributed by atoms with van der Waals surface area (Å²) in [6.07, 6.45) is 1.92. The highest BCUT2D eigenvalue weighted by Gasteiger charge is 2.18. The van der Waals surface area contributed by atoms with Gasteiger partial charge in [0.05, 0.1) is 12.3 Å². The van der Waals surface area contributed by atoms with E-state index in [1.54, 1.807) is 0 Å². The molecule has 0 saturated heterocycles. The van der Waals surface area contributed by atoms with E-state index in [4.69, 9.17) is 25.8 Å². The van der Waals surface area contributed by atoms with Crippen LogP contribution < -0.4 is 9.47 Å². The molecule has 4 rings (SSSR count). The molecule has 0 saturated carbocycles. The van der Waals surface area contributed by atoms with Crippen LogP contribution in [0.15, 0.2) is 91.0 Å². The molecule has 1 aromatic heterocycles. The third-order valence-electron chi connectivity index (χ3n) is 5.99. The number of hydrogen-bond acceptors (Lipinski definition) is 3. The molecule has 0 aliphatic rings. The third-order valence-corrected chi connectivity index (χ3v) is 6.26. The molecule has 5 heteroatoms. The van der Waals surface area contributed by atoms with Crippen LogP contribution in [0.2, 0.25) is 0 Å². The van der Waals surface area contributed by atoms with Crippen molar-refractivity contribution in [3.63, 3.8) is 0 Å². The van der Waals surface area contributed by atoms with Gasteiger partial charge in [-0.2, -0.15) is 0 Å². The van der Waals surface area contributed by atoms with Crippen molar-refractivity contribution in [3.8, 4) is 22.9 Å². The first-order valence-corrected chi connectivity index (χ1v) is 13.1. The van der Waals surface area contributed by atoms with Gasteiger partial charge in [-0.1, -0.05) is 60.7 Å². The Hall–Kier alpha value is -3.21. The summed E-state index contributed by atoms with van der Waals surface area (Å²) >= 11 is 5.82. The Bertz CT molecular complexity index is 1170. The molecule has 0 fully saturated rings. The van der Waals surface area contributed by atoms with E-state index in [0.29, 0.717) is 32.3 Å². The van der Waals surface area contributed by atoms with E-state index in [-0.39, 0.29) is 0 Å². The van der Waals surface area contributed by atoms with Gasteiger partial charge in [0.25, 0.3) is 0 Å². The van der Waals surface area contributed by atoms with Gasteiger partial charge in [0.15, 0.2) is 5.88 Å². The zero-order chi connectivity index (χ0) is 25.0. The molecule has 0 N–H and O–H groups in total. The van der Waals surface area contributed by atoms with Crippen molar-refractivity contribution in [2.24, 2.45) is 0 Å². The van der Waals surface area contributed by atoms with Gasteiger partial charge in [-0.05, 0) is 60.7 Å². The van der Waals surface area contributed by atoms with E-state index in [9.17, 15) is 0 Å². The number of ether oxygens (including phenoxy) is 3. The quantitative estimate of drug-likeness (QED) is 0.130. The molecule has 0 spiro atoms. The highest BCUT2D eigenvalue weighted by molar-refractivity contribution is 6.17. The van der Waals surface area contributed by atoms with Gasteiger partial charge in [-0.3, -0.25) is 0 Å². The largest absolute Gasteiger partial charge is 0.489 e. The zero-order valence-corrected chi connectivity index (χ0v) is 21.6. The first-order chi connectivity index (χ1) is 17.8. The van der Waals surface area contributed by atoms with Gasteiger partial charge >= 0.3 is 0 Å². The fourth-order valence-corrected chi connectivity index (χ4v) is 4.31. The average Bonchev–Trinajstić information content (AvgIpc) is 3.29. The summed E-state index contributed by atoms with van der Waals surface area (Å²) in [5, 5.41) is 0.